The van der Waals surface area contributed by atoms with Crippen molar-refractivity contribution in [1.29, 1.82) is 0 Å². The van der Waals surface area contributed by atoms with Gasteiger partial charge in [-0.15, -0.1) is 0 Å². The largest absolute Gasteiger partial charge is 0.465 e. The van der Waals surface area contributed by atoms with Crippen molar-refractivity contribution in [2.24, 2.45) is 11.0 Å². The second-order valence-corrected chi connectivity index (χ2v) is 7.95. The number of amides is 1. The third-order valence-electron chi connectivity index (χ3n) is 5.94. The summed E-state index contributed by atoms with van der Waals surface area (Å²) >= 11 is 0. The first kappa shape index (κ1) is 19.3. The lowest BCUT2D eigenvalue weighted by Gasteiger charge is -2.29. The van der Waals surface area contributed by atoms with E-state index in [0.29, 0.717) is 5.76 Å². The smallest absolute Gasteiger partial charge is 0.267 e. The van der Waals surface area contributed by atoms with Crippen LogP contribution in [0.15, 0.2) is 100 Å². The summed E-state index contributed by atoms with van der Waals surface area (Å²) < 4.78 is 5.33. The highest BCUT2D eigenvalue weighted by Crippen LogP contribution is 2.44. The third kappa shape index (κ3) is 4.02. The Hall–Kier alpha value is -3.66. The van der Waals surface area contributed by atoms with Crippen LogP contribution in [-0.2, 0) is 4.79 Å². The lowest BCUT2D eigenvalue weighted by molar-refractivity contribution is -0.128. The van der Waals surface area contributed by atoms with E-state index < -0.39 is 0 Å². The van der Waals surface area contributed by atoms with Gasteiger partial charge in [0.05, 0.1) is 18.0 Å². The van der Waals surface area contributed by atoms with Crippen LogP contribution in [0.2, 0.25) is 0 Å². The summed E-state index contributed by atoms with van der Waals surface area (Å²) in [5.41, 5.74) is 4.56. The average Bonchev–Trinajstić information content (AvgIpc) is 3.47. The van der Waals surface area contributed by atoms with Crippen LogP contribution in [0.5, 0.6) is 0 Å². The van der Waals surface area contributed by atoms with Crippen LogP contribution in [0.25, 0.3) is 12.2 Å². The van der Waals surface area contributed by atoms with Crippen molar-refractivity contribution in [3.8, 4) is 0 Å². The molecule has 3 aromatic rings. The topological polar surface area (TPSA) is 45.8 Å². The molecule has 31 heavy (non-hydrogen) atoms. The minimum atomic E-state index is -0.133. The Morgan fingerprint density at radius 1 is 1.00 bits per heavy atom. The van der Waals surface area contributed by atoms with Gasteiger partial charge in [0.1, 0.15) is 5.76 Å². The van der Waals surface area contributed by atoms with Crippen LogP contribution in [0.4, 0.5) is 0 Å². The van der Waals surface area contributed by atoms with E-state index in [4.69, 9.17) is 9.52 Å². The molecule has 154 valence electrons. The van der Waals surface area contributed by atoms with Gasteiger partial charge in [-0.1, -0.05) is 60.7 Å². The normalized spacial score (nSPS) is 22.0. The van der Waals surface area contributed by atoms with E-state index in [-0.39, 0.29) is 17.9 Å². The molecule has 1 fully saturated rings. The van der Waals surface area contributed by atoms with E-state index in [1.807, 2.05) is 48.5 Å². The second-order valence-electron chi connectivity index (χ2n) is 7.95. The average molecular weight is 409 g/mol. The molecular weight excluding hydrogens is 384 g/mol. The standard InChI is InChI=1S/C27H24N2O2/c30-25(17-16-23-14-8-18-31-23)29-27(21-11-5-2-6-12-21)24-15-7-13-22(26(24)28-29)19-20-9-3-1-4-10-20/h1-6,8-12,14,16-19,24,27H,7,13,15H2. The van der Waals surface area contributed by atoms with Gasteiger partial charge >= 0.3 is 0 Å². The van der Waals surface area contributed by atoms with E-state index in [0.717, 1.165) is 30.5 Å². The first-order valence-electron chi connectivity index (χ1n) is 10.7. The number of furan rings is 1. The van der Waals surface area contributed by atoms with Crippen LogP contribution < -0.4 is 0 Å². The Bertz CT molecular complexity index is 1130. The molecule has 0 saturated heterocycles. The Kier molecular flexibility index (Phi) is 5.36. The fourth-order valence-electron chi connectivity index (χ4n) is 4.53. The van der Waals surface area contributed by atoms with Crippen LogP contribution in [0.3, 0.4) is 0 Å². The number of hydrazone groups is 1. The number of benzene rings is 2. The van der Waals surface area contributed by atoms with E-state index in [1.54, 1.807) is 23.4 Å². The first-order chi connectivity index (χ1) is 15.3. The molecule has 4 heteroatoms. The summed E-state index contributed by atoms with van der Waals surface area (Å²) in [6.45, 7) is 0. The molecule has 0 bridgehead atoms. The van der Waals surface area contributed by atoms with Gasteiger partial charge in [-0.05, 0) is 60.2 Å². The molecule has 1 saturated carbocycles. The highest BCUT2D eigenvalue weighted by Gasteiger charge is 2.43. The maximum atomic E-state index is 13.2. The van der Waals surface area contributed by atoms with Gasteiger partial charge in [-0.2, -0.15) is 5.10 Å². The van der Waals surface area contributed by atoms with Crippen LogP contribution in [-0.4, -0.2) is 16.6 Å². The number of hydrogen-bond acceptors (Lipinski definition) is 3. The molecule has 0 spiro atoms. The molecule has 2 unspecified atom stereocenters. The molecular formula is C27H24N2O2. The zero-order valence-corrected chi connectivity index (χ0v) is 17.2. The first-order valence-corrected chi connectivity index (χ1v) is 10.7. The van der Waals surface area contributed by atoms with E-state index in [2.05, 4.69) is 30.3 Å². The molecule has 0 radical (unpaired) electrons. The summed E-state index contributed by atoms with van der Waals surface area (Å²) in [6, 6.07) is 24.1. The van der Waals surface area contributed by atoms with Gasteiger partial charge < -0.3 is 4.42 Å². The van der Waals surface area contributed by atoms with Crippen molar-refractivity contribution in [3.05, 3.63) is 108 Å². The Morgan fingerprint density at radius 3 is 2.52 bits per heavy atom. The highest BCUT2D eigenvalue weighted by atomic mass is 16.3. The van der Waals surface area contributed by atoms with Crippen LogP contribution in [0.1, 0.15) is 42.2 Å². The van der Waals surface area contributed by atoms with E-state index in [9.17, 15) is 4.79 Å². The maximum Gasteiger partial charge on any atom is 0.267 e. The van der Waals surface area contributed by atoms with Crippen molar-refractivity contribution in [2.45, 2.75) is 25.3 Å². The Morgan fingerprint density at radius 2 is 1.77 bits per heavy atom. The molecule has 2 atom stereocenters. The van der Waals surface area contributed by atoms with Gasteiger partial charge in [-0.3, -0.25) is 4.79 Å². The number of fused-ring (bicyclic) bond motifs is 1. The van der Waals surface area contributed by atoms with Gasteiger partial charge in [0.15, 0.2) is 0 Å². The second kappa shape index (κ2) is 8.60. The van der Waals surface area contributed by atoms with Crippen molar-refractivity contribution in [3.63, 3.8) is 0 Å². The molecule has 2 aliphatic rings. The van der Waals surface area contributed by atoms with Gasteiger partial charge in [0, 0.05) is 12.0 Å². The predicted molar refractivity (Wildman–Crippen MR) is 123 cm³/mol. The quantitative estimate of drug-likeness (QED) is 0.489. The molecule has 1 aromatic heterocycles. The monoisotopic (exact) mass is 408 g/mol. The number of nitrogens with zero attached hydrogens (tertiary/aromatic N) is 2. The lowest BCUT2D eigenvalue weighted by atomic mass is 9.77. The summed E-state index contributed by atoms with van der Waals surface area (Å²) in [5.74, 6) is 0.719. The maximum absolute atomic E-state index is 13.2. The van der Waals surface area contributed by atoms with Gasteiger partial charge in [0.2, 0.25) is 0 Å². The van der Waals surface area contributed by atoms with Crippen LogP contribution >= 0.6 is 0 Å². The molecule has 5 rings (SSSR count). The summed E-state index contributed by atoms with van der Waals surface area (Å²) in [5, 5.41) is 6.56. The van der Waals surface area contributed by atoms with Crippen molar-refractivity contribution in [2.75, 3.05) is 0 Å². The summed E-state index contributed by atoms with van der Waals surface area (Å²) in [6.07, 6.45) is 10.2. The molecule has 1 aliphatic carbocycles. The van der Waals surface area contributed by atoms with E-state index >= 15 is 0 Å². The number of rotatable bonds is 4. The summed E-state index contributed by atoms with van der Waals surface area (Å²) in [7, 11) is 0. The lowest BCUT2D eigenvalue weighted by Crippen LogP contribution is -2.30. The fraction of sp³-hybridized carbons (Fsp3) is 0.185. The van der Waals surface area contributed by atoms with Crippen molar-refractivity contribution >= 4 is 23.8 Å². The zero-order valence-electron chi connectivity index (χ0n) is 17.2. The Labute approximate surface area is 182 Å². The van der Waals surface area contributed by atoms with Crippen molar-refractivity contribution in [1.82, 2.24) is 5.01 Å². The van der Waals surface area contributed by atoms with Gasteiger partial charge in [0.25, 0.3) is 5.91 Å². The molecule has 1 aliphatic heterocycles. The molecule has 2 aromatic carbocycles. The number of carbonyl (C=O) groups excluding carboxylic acids is 1. The number of hydrogen-bond donors (Lipinski definition) is 0. The molecule has 0 N–H and O–H groups in total. The fourth-order valence-corrected chi connectivity index (χ4v) is 4.53. The highest BCUT2D eigenvalue weighted by molar-refractivity contribution is 6.08. The third-order valence-corrected chi connectivity index (χ3v) is 5.94. The van der Waals surface area contributed by atoms with Crippen LogP contribution in [0, 0.1) is 5.92 Å². The van der Waals surface area contributed by atoms with E-state index in [1.165, 1.54) is 11.1 Å². The van der Waals surface area contributed by atoms with Gasteiger partial charge in [-0.25, -0.2) is 5.01 Å². The number of allylic oxidation sites excluding steroid dienone is 1. The predicted octanol–water partition coefficient (Wildman–Crippen LogP) is 6.12. The SMILES string of the molecule is O=C(C=Cc1ccco1)N1N=C2C(=Cc3ccccc3)CCCC2C1c1ccccc1. The summed E-state index contributed by atoms with van der Waals surface area (Å²) in [4.78, 5) is 13.2. The van der Waals surface area contributed by atoms with Crippen molar-refractivity contribution < 1.29 is 9.21 Å². The number of carbonyl (C=O) groups is 1. The Balaban J connectivity index is 1.52. The minimum Gasteiger partial charge on any atom is -0.465 e. The molecule has 1 amide bonds. The molecule has 4 nitrogen and oxygen atoms in total. The zero-order chi connectivity index (χ0) is 21.0. The minimum absolute atomic E-state index is 0.0931. The molecule has 2 heterocycles.